The molecule has 3 heterocycles. The van der Waals surface area contributed by atoms with Crippen molar-refractivity contribution < 1.29 is 28.6 Å². The van der Waals surface area contributed by atoms with Crippen LogP contribution in [-0.4, -0.2) is 68.8 Å². The van der Waals surface area contributed by atoms with Gasteiger partial charge in [0, 0.05) is 32.3 Å². The number of carbonyl (C=O) groups is 3. The van der Waals surface area contributed by atoms with E-state index in [0.29, 0.717) is 61.0 Å². The highest BCUT2D eigenvalue weighted by Crippen LogP contribution is 2.33. The molecule has 0 radical (unpaired) electrons. The Labute approximate surface area is 196 Å². The van der Waals surface area contributed by atoms with Crippen molar-refractivity contribution >= 4 is 29.1 Å². The monoisotopic (exact) mass is 473 g/mol. The Hall–Kier alpha value is -3.11. The van der Waals surface area contributed by atoms with Crippen molar-refractivity contribution in [3.63, 3.8) is 0 Å². The molecular weight excluding hydrogens is 446 g/mol. The fourth-order valence-electron chi connectivity index (χ4n) is 4.05. The number of likely N-dealkylation sites (tertiary alicyclic amines) is 1. The molecule has 1 saturated heterocycles. The Morgan fingerprint density at radius 3 is 2.70 bits per heavy atom. The SMILES string of the molecule is COCCNC(=O)C(NC(=O)c1cccs1)C1CCN(C(=O)c2ccc3c(c2)OCO3)CC1. The Balaban J connectivity index is 1.39. The number of piperidine rings is 1. The molecule has 2 aromatic rings. The minimum atomic E-state index is -0.681. The van der Waals surface area contributed by atoms with Gasteiger partial charge in [-0.25, -0.2) is 0 Å². The molecule has 0 spiro atoms. The standard InChI is InChI=1S/C23H27N3O6S/c1-30-11-8-24-22(28)20(25-21(27)19-3-2-12-33-19)15-6-9-26(10-7-15)23(29)16-4-5-17-18(13-16)32-14-31-17/h2-5,12-13,15,20H,6-11,14H2,1H3,(H,24,28)(H,25,27). The molecule has 2 N–H and O–H groups in total. The van der Waals surface area contributed by atoms with Crippen molar-refractivity contribution in [2.75, 3.05) is 40.1 Å². The van der Waals surface area contributed by atoms with Crippen LogP contribution in [0, 0.1) is 5.92 Å². The lowest BCUT2D eigenvalue weighted by Gasteiger charge is -2.35. The Morgan fingerprint density at radius 2 is 1.97 bits per heavy atom. The van der Waals surface area contributed by atoms with Crippen molar-refractivity contribution in [1.29, 1.82) is 0 Å². The summed E-state index contributed by atoms with van der Waals surface area (Å²) in [4.78, 5) is 40.8. The van der Waals surface area contributed by atoms with Gasteiger partial charge >= 0.3 is 0 Å². The van der Waals surface area contributed by atoms with E-state index >= 15 is 0 Å². The molecule has 176 valence electrons. The van der Waals surface area contributed by atoms with Crippen molar-refractivity contribution in [2.24, 2.45) is 5.92 Å². The molecule has 0 saturated carbocycles. The van der Waals surface area contributed by atoms with Crippen LogP contribution in [-0.2, 0) is 9.53 Å². The van der Waals surface area contributed by atoms with E-state index < -0.39 is 6.04 Å². The van der Waals surface area contributed by atoms with E-state index in [1.807, 2.05) is 5.38 Å². The molecule has 3 amide bonds. The Bertz CT molecular complexity index is 988. The summed E-state index contributed by atoms with van der Waals surface area (Å²) in [6, 6.07) is 8.02. The van der Waals surface area contributed by atoms with Crippen LogP contribution in [0.4, 0.5) is 0 Å². The van der Waals surface area contributed by atoms with Gasteiger partial charge in [-0.2, -0.15) is 0 Å². The van der Waals surface area contributed by atoms with Gasteiger partial charge in [0.15, 0.2) is 11.5 Å². The number of amides is 3. The van der Waals surface area contributed by atoms with E-state index in [1.54, 1.807) is 42.3 Å². The highest BCUT2D eigenvalue weighted by Gasteiger charge is 2.34. The first-order chi connectivity index (χ1) is 16.1. The van der Waals surface area contributed by atoms with Crippen LogP contribution >= 0.6 is 11.3 Å². The zero-order chi connectivity index (χ0) is 23.2. The normalized spacial score (nSPS) is 16.3. The quantitative estimate of drug-likeness (QED) is 0.567. The van der Waals surface area contributed by atoms with Gasteiger partial charge in [-0.05, 0) is 48.4 Å². The summed E-state index contributed by atoms with van der Waals surface area (Å²) in [6.07, 6.45) is 1.20. The predicted molar refractivity (Wildman–Crippen MR) is 122 cm³/mol. The third-order valence-electron chi connectivity index (χ3n) is 5.84. The molecule has 2 aliphatic heterocycles. The zero-order valence-electron chi connectivity index (χ0n) is 18.4. The number of hydrogen-bond donors (Lipinski definition) is 2. The first-order valence-corrected chi connectivity index (χ1v) is 11.7. The first kappa shape index (κ1) is 23.1. The number of fused-ring (bicyclic) bond motifs is 1. The Kier molecular flexibility index (Phi) is 7.46. The van der Waals surface area contributed by atoms with E-state index in [4.69, 9.17) is 14.2 Å². The maximum Gasteiger partial charge on any atom is 0.262 e. The van der Waals surface area contributed by atoms with Crippen LogP contribution < -0.4 is 20.1 Å². The average molecular weight is 474 g/mol. The topological polar surface area (TPSA) is 106 Å². The molecule has 1 unspecified atom stereocenters. The van der Waals surface area contributed by atoms with Gasteiger partial charge in [-0.3, -0.25) is 14.4 Å². The largest absolute Gasteiger partial charge is 0.454 e. The molecule has 1 fully saturated rings. The van der Waals surface area contributed by atoms with E-state index in [9.17, 15) is 14.4 Å². The number of benzene rings is 1. The second-order valence-electron chi connectivity index (χ2n) is 7.91. The number of nitrogens with zero attached hydrogens (tertiary/aromatic N) is 1. The van der Waals surface area contributed by atoms with Gasteiger partial charge in [-0.15, -0.1) is 11.3 Å². The lowest BCUT2D eigenvalue weighted by atomic mass is 9.88. The minimum absolute atomic E-state index is 0.0859. The second-order valence-corrected chi connectivity index (χ2v) is 8.86. The predicted octanol–water partition coefficient (Wildman–Crippen LogP) is 1.89. The van der Waals surface area contributed by atoms with E-state index in [1.165, 1.54) is 11.3 Å². The molecular formula is C23H27N3O6S. The van der Waals surface area contributed by atoms with Crippen molar-refractivity contribution in [3.05, 3.63) is 46.2 Å². The highest BCUT2D eigenvalue weighted by molar-refractivity contribution is 7.12. The smallest absolute Gasteiger partial charge is 0.262 e. The van der Waals surface area contributed by atoms with Gasteiger partial charge in [-0.1, -0.05) is 6.07 Å². The van der Waals surface area contributed by atoms with Crippen molar-refractivity contribution in [1.82, 2.24) is 15.5 Å². The summed E-state index contributed by atoms with van der Waals surface area (Å²) in [5.74, 6) is 0.523. The number of nitrogens with one attached hydrogen (secondary N) is 2. The molecule has 1 aromatic heterocycles. The van der Waals surface area contributed by atoms with E-state index in [0.717, 1.165) is 0 Å². The van der Waals surface area contributed by atoms with Crippen LogP contribution in [0.3, 0.4) is 0 Å². The minimum Gasteiger partial charge on any atom is -0.454 e. The van der Waals surface area contributed by atoms with Gasteiger partial charge in [0.05, 0.1) is 11.5 Å². The third-order valence-corrected chi connectivity index (χ3v) is 6.71. The highest BCUT2D eigenvalue weighted by atomic mass is 32.1. The molecule has 0 bridgehead atoms. The van der Waals surface area contributed by atoms with Gasteiger partial charge < -0.3 is 29.7 Å². The molecule has 2 aliphatic rings. The number of ether oxygens (including phenoxy) is 3. The molecule has 4 rings (SSSR count). The van der Waals surface area contributed by atoms with Gasteiger partial charge in [0.25, 0.3) is 11.8 Å². The molecule has 9 nitrogen and oxygen atoms in total. The molecule has 1 aromatic carbocycles. The van der Waals surface area contributed by atoms with E-state index in [2.05, 4.69) is 10.6 Å². The van der Waals surface area contributed by atoms with Crippen LogP contribution in [0.1, 0.15) is 32.9 Å². The number of carbonyl (C=O) groups excluding carboxylic acids is 3. The van der Waals surface area contributed by atoms with Crippen LogP contribution in [0.15, 0.2) is 35.7 Å². The maximum absolute atomic E-state index is 13.0. The molecule has 1 atom stereocenters. The fourth-order valence-corrected chi connectivity index (χ4v) is 4.68. The number of thiophene rings is 1. The van der Waals surface area contributed by atoms with E-state index in [-0.39, 0.29) is 30.4 Å². The number of rotatable bonds is 8. The van der Waals surface area contributed by atoms with Gasteiger partial charge in [0.2, 0.25) is 12.7 Å². The first-order valence-electron chi connectivity index (χ1n) is 10.9. The molecule has 0 aliphatic carbocycles. The second kappa shape index (κ2) is 10.7. The van der Waals surface area contributed by atoms with Crippen molar-refractivity contribution in [2.45, 2.75) is 18.9 Å². The van der Waals surface area contributed by atoms with Crippen LogP contribution in [0.25, 0.3) is 0 Å². The summed E-state index contributed by atoms with van der Waals surface area (Å²) in [5, 5.41) is 7.56. The summed E-state index contributed by atoms with van der Waals surface area (Å²) in [7, 11) is 1.56. The third kappa shape index (κ3) is 5.45. The number of methoxy groups -OCH3 is 1. The summed E-state index contributed by atoms with van der Waals surface area (Å²) in [5.41, 5.74) is 0.539. The summed E-state index contributed by atoms with van der Waals surface area (Å²) in [6.45, 7) is 1.90. The Morgan fingerprint density at radius 1 is 1.18 bits per heavy atom. The number of hydrogen-bond acceptors (Lipinski definition) is 7. The average Bonchev–Trinajstić information content (AvgIpc) is 3.54. The van der Waals surface area contributed by atoms with Crippen LogP contribution in [0.2, 0.25) is 0 Å². The maximum atomic E-state index is 13.0. The zero-order valence-corrected chi connectivity index (χ0v) is 19.2. The lowest BCUT2D eigenvalue weighted by Crippen LogP contribution is -2.54. The fraction of sp³-hybridized carbons (Fsp3) is 0.435. The van der Waals surface area contributed by atoms with Crippen molar-refractivity contribution in [3.8, 4) is 11.5 Å². The molecule has 10 heteroatoms. The summed E-state index contributed by atoms with van der Waals surface area (Å²) >= 11 is 1.33. The van der Waals surface area contributed by atoms with Crippen LogP contribution in [0.5, 0.6) is 11.5 Å². The lowest BCUT2D eigenvalue weighted by molar-refractivity contribution is -0.124. The molecule has 33 heavy (non-hydrogen) atoms. The van der Waals surface area contributed by atoms with Gasteiger partial charge in [0.1, 0.15) is 6.04 Å². The summed E-state index contributed by atoms with van der Waals surface area (Å²) < 4.78 is 15.7.